The lowest BCUT2D eigenvalue weighted by Crippen LogP contribution is -2.41. The average Bonchev–Trinajstić information content (AvgIpc) is 3.23. The van der Waals surface area contributed by atoms with Gasteiger partial charge in [0.25, 0.3) is 0 Å². The second-order valence-corrected chi connectivity index (χ2v) is 17.3. The first kappa shape index (κ1) is 33.0. The van der Waals surface area contributed by atoms with Gasteiger partial charge in [-0.2, -0.15) is 5.10 Å². The van der Waals surface area contributed by atoms with Gasteiger partial charge in [0, 0.05) is 11.8 Å². The van der Waals surface area contributed by atoms with E-state index in [1.807, 2.05) is 37.6 Å². The Morgan fingerprint density at radius 2 is 1.85 bits per heavy atom. The number of nitrogens with zero attached hydrogens (tertiary/aromatic N) is 3. The fraction of sp³-hybridized carbons (Fsp3) is 0.533. The number of ether oxygens (including phenoxy) is 1. The van der Waals surface area contributed by atoms with Gasteiger partial charge in [0.05, 0.1) is 48.4 Å². The van der Waals surface area contributed by atoms with E-state index in [1.165, 1.54) is 0 Å². The number of carbonyl (C=O) groups is 2. The van der Waals surface area contributed by atoms with E-state index in [0.29, 0.717) is 31.0 Å². The summed E-state index contributed by atoms with van der Waals surface area (Å²) in [5.41, 5.74) is 2.08. The maximum atomic E-state index is 12.8. The van der Waals surface area contributed by atoms with Crippen molar-refractivity contribution in [1.29, 1.82) is 0 Å². The number of alkyl carbamates (subject to hydrolysis) is 1. The Hall–Kier alpha value is -3.24. The molecule has 0 aromatic carbocycles. The molecule has 0 radical (unpaired) electrons. The Labute approximate surface area is 240 Å². The summed E-state index contributed by atoms with van der Waals surface area (Å²) in [4.78, 5) is 29.8. The standard InChI is InChI=1S/C30H47N5O4Si/c1-12-14-23(34-28(37)39-29(4,5)6)24-19-22(15-16-31-24)26-25(33-27(36)21(3)13-2)20-32-35(26)17-18-38-40(10,11)30(7,8)9/h12-13,15-16,19-21,23H,1-2,14,17-18H2,3-11H3,(H,33,36)(H,34,37)/t21-,23+/m1/s1. The molecule has 220 valence electrons. The zero-order valence-corrected chi connectivity index (χ0v) is 26.6. The number of hydrogen-bond donors (Lipinski definition) is 2. The van der Waals surface area contributed by atoms with Crippen LogP contribution in [0.2, 0.25) is 18.1 Å². The molecule has 2 rings (SSSR count). The van der Waals surface area contributed by atoms with E-state index in [4.69, 9.17) is 9.16 Å². The molecule has 0 bridgehead atoms. The fourth-order valence-corrected chi connectivity index (χ4v) is 4.60. The van der Waals surface area contributed by atoms with E-state index in [0.717, 1.165) is 11.3 Å². The maximum absolute atomic E-state index is 12.8. The molecule has 40 heavy (non-hydrogen) atoms. The maximum Gasteiger partial charge on any atom is 0.408 e. The van der Waals surface area contributed by atoms with Gasteiger partial charge in [-0.1, -0.05) is 39.8 Å². The zero-order chi connectivity index (χ0) is 30.3. The molecule has 0 saturated carbocycles. The van der Waals surface area contributed by atoms with Crippen molar-refractivity contribution in [1.82, 2.24) is 20.1 Å². The number of amides is 2. The average molecular weight is 570 g/mol. The van der Waals surface area contributed by atoms with E-state index in [9.17, 15) is 9.59 Å². The molecule has 9 nitrogen and oxygen atoms in total. The SMILES string of the molecule is C=CC[C@H](NC(=O)OC(C)(C)C)c1cc(-c2c(NC(=O)[C@H](C)C=C)cnn2CCO[Si](C)(C)C(C)(C)C)ccn1. The van der Waals surface area contributed by atoms with Crippen molar-refractivity contribution in [2.24, 2.45) is 5.92 Å². The summed E-state index contributed by atoms with van der Waals surface area (Å²) in [6, 6.07) is 3.29. The Kier molecular flexibility index (Phi) is 11.1. The monoisotopic (exact) mass is 569 g/mol. The minimum absolute atomic E-state index is 0.0845. The van der Waals surface area contributed by atoms with Gasteiger partial charge >= 0.3 is 6.09 Å². The first-order valence-electron chi connectivity index (χ1n) is 13.7. The van der Waals surface area contributed by atoms with Crippen molar-refractivity contribution in [3.8, 4) is 11.3 Å². The smallest absolute Gasteiger partial charge is 0.408 e. The van der Waals surface area contributed by atoms with Gasteiger partial charge in [-0.05, 0) is 57.5 Å². The Balaban J connectivity index is 2.46. The topological polar surface area (TPSA) is 107 Å². The number of hydrogen-bond acceptors (Lipinski definition) is 6. The zero-order valence-electron chi connectivity index (χ0n) is 25.6. The predicted molar refractivity (Wildman–Crippen MR) is 164 cm³/mol. The van der Waals surface area contributed by atoms with E-state index in [-0.39, 0.29) is 16.9 Å². The minimum atomic E-state index is -1.95. The van der Waals surface area contributed by atoms with Gasteiger partial charge in [-0.15, -0.1) is 13.2 Å². The van der Waals surface area contributed by atoms with E-state index in [1.54, 1.807) is 31.5 Å². The summed E-state index contributed by atoms with van der Waals surface area (Å²) >= 11 is 0. The van der Waals surface area contributed by atoms with Gasteiger partial charge in [0.15, 0.2) is 8.32 Å². The molecule has 0 spiro atoms. The highest BCUT2D eigenvalue weighted by Gasteiger charge is 2.37. The van der Waals surface area contributed by atoms with Crippen molar-refractivity contribution in [2.75, 3.05) is 11.9 Å². The summed E-state index contributed by atoms with van der Waals surface area (Å²) in [5.74, 6) is -0.556. The first-order valence-corrected chi connectivity index (χ1v) is 16.6. The van der Waals surface area contributed by atoms with Gasteiger partial charge in [-0.3, -0.25) is 14.5 Å². The van der Waals surface area contributed by atoms with Crippen molar-refractivity contribution < 1.29 is 18.8 Å². The molecule has 2 aromatic rings. The second-order valence-electron chi connectivity index (χ2n) is 12.4. The molecular formula is C30H47N5O4Si. The molecule has 0 aliphatic heterocycles. The number of anilines is 1. The van der Waals surface area contributed by atoms with Crippen molar-refractivity contribution in [3.63, 3.8) is 0 Å². The van der Waals surface area contributed by atoms with Crippen LogP contribution in [0.4, 0.5) is 10.5 Å². The third kappa shape index (κ3) is 9.16. The van der Waals surface area contributed by atoms with E-state index in [2.05, 4.69) is 67.7 Å². The van der Waals surface area contributed by atoms with Crippen LogP contribution < -0.4 is 10.6 Å². The summed E-state index contributed by atoms with van der Waals surface area (Å²) in [5, 5.41) is 10.6. The molecule has 0 unspecified atom stereocenters. The lowest BCUT2D eigenvalue weighted by atomic mass is 10.0. The molecule has 2 amide bonds. The summed E-state index contributed by atoms with van der Waals surface area (Å²) in [6.45, 7) is 26.8. The third-order valence-electron chi connectivity index (χ3n) is 6.94. The number of rotatable bonds is 12. The first-order chi connectivity index (χ1) is 18.5. The van der Waals surface area contributed by atoms with Gasteiger partial charge in [0.2, 0.25) is 5.91 Å². The Morgan fingerprint density at radius 1 is 1.18 bits per heavy atom. The Bertz CT molecular complexity index is 1190. The molecule has 0 aliphatic carbocycles. The molecule has 2 N–H and O–H groups in total. The van der Waals surface area contributed by atoms with Gasteiger partial charge in [-0.25, -0.2) is 4.79 Å². The van der Waals surface area contributed by atoms with E-state index >= 15 is 0 Å². The van der Waals surface area contributed by atoms with Crippen LogP contribution in [0.25, 0.3) is 11.3 Å². The van der Waals surface area contributed by atoms with Crippen LogP contribution in [0.3, 0.4) is 0 Å². The molecule has 10 heteroatoms. The van der Waals surface area contributed by atoms with Crippen molar-refractivity contribution >= 4 is 26.0 Å². The molecule has 0 aliphatic rings. The molecule has 0 fully saturated rings. The minimum Gasteiger partial charge on any atom is -0.444 e. The highest BCUT2D eigenvalue weighted by molar-refractivity contribution is 6.74. The van der Waals surface area contributed by atoms with Crippen LogP contribution in [-0.4, -0.2) is 47.3 Å². The number of pyridine rings is 1. The number of nitrogens with one attached hydrogen (secondary N) is 2. The van der Waals surface area contributed by atoms with Crippen molar-refractivity contribution in [3.05, 3.63) is 55.5 Å². The number of aromatic nitrogens is 3. The quantitative estimate of drug-likeness (QED) is 0.213. The number of carbonyl (C=O) groups excluding carboxylic acids is 2. The summed E-state index contributed by atoms with van der Waals surface area (Å²) < 4.78 is 13.7. The second kappa shape index (κ2) is 13.4. The van der Waals surface area contributed by atoms with Crippen molar-refractivity contribution in [2.45, 2.75) is 91.2 Å². The van der Waals surface area contributed by atoms with Crippen LogP contribution in [0.1, 0.15) is 66.6 Å². The highest BCUT2D eigenvalue weighted by atomic mass is 28.4. The predicted octanol–water partition coefficient (Wildman–Crippen LogP) is 6.87. The lowest BCUT2D eigenvalue weighted by Gasteiger charge is -2.36. The summed E-state index contributed by atoms with van der Waals surface area (Å²) in [7, 11) is -1.95. The van der Waals surface area contributed by atoms with Gasteiger partial charge in [0.1, 0.15) is 5.60 Å². The summed E-state index contributed by atoms with van der Waals surface area (Å²) in [6.07, 6.45) is 6.57. The highest BCUT2D eigenvalue weighted by Crippen LogP contribution is 2.37. The molecule has 2 atom stereocenters. The lowest BCUT2D eigenvalue weighted by molar-refractivity contribution is -0.118. The molecular weight excluding hydrogens is 522 g/mol. The van der Waals surface area contributed by atoms with Crippen LogP contribution >= 0.6 is 0 Å². The normalized spacial score (nSPS) is 13.7. The third-order valence-corrected chi connectivity index (χ3v) is 11.5. The molecule has 2 heterocycles. The molecule has 2 aromatic heterocycles. The fourth-order valence-electron chi connectivity index (χ4n) is 3.56. The van der Waals surface area contributed by atoms with Crippen LogP contribution in [-0.2, 0) is 20.5 Å². The largest absolute Gasteiger partial charge is 0.444 e. The van der Waals surface area contributed by atoms with E-state index < -0.39 is 26.1 Å². The Morgan fingerprint density at radius 3 is 2.42 bits per heavy atom. The van der Waals surface area contributed by atoms with Crippen LogP contribution in [0.5, 0.6) is 0 Å². The van der Waals surface area contributed by atoms with Crippen LogP contribution in [0.15, 0.2) is 49.8 Å². The van der Waals surface area contributed by atoms with Gasteiger partial charge < -0.3 is 19.8 Å². The van der Waals surface area contributed by atoms with Crippen LogP contribution in [0, 0.1) is 5.92 Å². The molecule has 0 saturated heterocycles.